The zero-order valence-electron chi connectivity index (χ0n) is 11.3. The molecule has 0 radical (unpaired) electrons. The lowest BCUT2D eigenvalue weighted by Crippen LogP contribution is -2.35. The molecule has 0 aromatic heterocycles. The van der Waals surface area contributed by atoms with Gasteiger partial charge in [-0.15, -0.1) is 0 Å². The summed E-state index contributed by atoms with van der Waals surface area (Å²) < 4.78 is 6.04. The maximum absolute atomic E-state index is 6.04. The van der Waals surface area contributed by atoms with E-state index >= 15 is 0 Å². The first-order valence-corrected chi connectivity index (χ1v) is 7.11. The minimum absolute atomic E-state index is 0.536. The highest BCUT2D eigenvalue weighted by molar-refractivity contribution is 4.72. The van der Waals surface area contributed by atoms with Gasteiger partial charge in [0.05, 0.1) is 12.7 Å². The highest BCUT2D eigenvalue weighted by Gasteiger charge is 2.19. The third-order valence-corrected chi connectivity index (χ3v) is 3.63. The summed E-state index contributed by atoms with van der Waals surface area (Å²) in [7, 11) is 0. The molecule has 1 fully saturated rings. The largest absolute Gasteiger partial charge is 0.377 e. The molecule has 1 aliphatic rings. The first-order valence-electron chi connectivity index (χ1n) is 7.11. The lowest BCUT2D eigenvalue weighted by atomic mass is 9.89. The Morgan fingerprint density at radius 3 is 2.44 bits per heavy atom. The monoisotopic (exact) mass is 227 g/mol. The van der Waals surface area contributed by atoms with Crippen molar-refractivity contribution in [2.45, 2.75) is 71.4 Å². The minimum Gasteiger partial charge on any atom is -0.377 e. The summed E-state index contributed by atoms with van der Waals surface area (Å²) in [5, 5.41) is 3.51. The lowest BCUT2D eigenvalue weighted by Gasteiger charge is -2.28. The Morgan fingerprint density at radius 2 is 1.88 bits per heavy atom. The van der Waals surface area contributed by atoms with Gasteiger partial charge in [0, 0.05) is 6.04 Å². The van der Waals surface area contributed by atoms with Gasteiger partial charge in [0.15, 0.2) is 0 Å². The fourth-order valence-electron chi connectivity index (χ4n) is 2.53. The maximum Gasteiger partial charge on any atom is 0.0623 e. The van der Waals surface area contributed by atoms with Crippen LogP contribution in [0.4, 0.5) is 0 Å². The van der Waals surface area contributed by atoms with E-state index in [1.54, 1.807) is 0 Å². The van der Waals surface area contributed by atoms with E-state index in [1.165, 1.54) is 38.5 Å². The van der Waals surface area contributed by atoms with Crippen LogP contribution in [0, 0.1) is 5.92 Å². The fraction of sp³-hybridized carbons (Fsp3) is 1.00. The van der Waals surface area contributed by atoms with Crippen LogP contribution in [0.3, 0.4) is 0 Å². The first-order chi connectivity index (χ1) is 7.76. The van der Waals surface area contributed by atoms with Crippen LogP contribution in [-0.2, 0) is 4.74 Å². The molecule has 0 bridgehead atoms. The molecule has 1 unspecified atom stereocenters. The van der Waals surface area contributed by atoms with Crippen molar-refractivity contribution in [1.82, 2.24) is 5.32 Å². The molecule has 0 aromatic carbocycles. The van der Waals surface area contributed by atoms with Gasteiger partial charge in [-0.3, -0.25) is 0 Å². The second-order valence-electron chi connectivity index (χ2n) is 5.26. The highest BCUT2D eigenvalue weighted by Crippen LogP contribution is 2.25. The molecule has 1 rings (SSSR count). The third kappa shape index (κ3) is 5.31. The number of ether oxygens (including phenoxy) is 1. The van der Waals surface area contributed by atoms with E-state index in [-0.39, 0.29) is 0 Å². The number of nitrogens with one attached hydrogen (secondary N) is 1. The molecule has 0 aliphatic heterocycles. The van der Waals surface area contributed by atoms with Crippen molar-refractivity contribution >= 4 is 0 Å². The van der Waals surface area contributed by atoms with Crippen LogP contribution >= 0.6 is 0 Å². The standard InChI is InChI=1S/C14H29NO/c1-4-6-13(15-5-2)11-16-14-9-7-12(3)8-10-14/h12-15H,4-11H2,1-3H3. The Labute approximate surface area is 101 Å². The van der Waals surface area contributed by atoms with E-state index in [0.29, 0.717) is 12.1 Å². The molecule has 16 heavy (non-hydrogen) atoms. The second-order valence-corrected chi connectivity index (χ2v) is 5.26. The molecule has 2 nitrogen and oxygen atoms in total. The summed E-state index contributed by atoms with van der Waals surface area (Å²) in [5.41, 5.74) is 0. The number of rotatable bonds is 7. The van der Waals surface area contributed by atoms with Gasteiger partial charge in [-0.25, -0.2) is 0 Å². The van der Waals surface area contributed by atoms with Crippen LogP contribution in [0.1, 0.15) is 59.3 Å². The van der Waals surface area contributed by atoms with Crippen LogP contribution in [0.2, 0.25) is 0 Å². The number of likely N-dealkylation sites (N-methyl/N-ethyl adjacent to an activating group) is 1. The van der Waals surface area contributed by atoms with Crippen LogP contribution in [0.25, 0.3) is 0 Å². The molecule has 0 aromatic rings. The van der Waals surface area contributed by atoms with Crippen LogP contribution in [-0.4, -0.2) is 25.3 Å². The highest BCUT2D eigenvalue weighted by atomic mass is 16.5. The molecule has 2 heteroatoms. The summed E-state index contributed by atoms with van der Waals surface area (Å²) in [4.78, 5) is 0. The molecule has 0 saturated heterocycles. The van der Waals surface area contributed by atoms with Crippen molar-refractivity contribution in [2.24, 2.45) is 5.92 Å². The van der Waals surface area contributed by atoms with Crippen molar-refractivity contribution in [3.8, 4) is 0 Å². The summed E-state index contributed by atoms with van der Waals surface area (Å²) in [6.45, 7) is 8.72. The van der Waals surface area contributed by atoms with Gasteiger partial charge in [-0.05, 0) is 44.6 Å². The molecule has 1 atom stereocenters. The SMILES string of the molecule is CCCC(COC1CCC(C)CC1)NCC. The van der Waals surface area contributed by atoms with E-state index in [9.17, 15) is 0 Å². The molecule has 0 spiro atoms. The van der Waals surface area contributed by atoms with Gasteiger partial charge in [0.25, 0.3) is 0 Å². The average Bonchev–Trinajstić information content (AvgIpc) is 2.29. The van der Waals surface area contributed by atoms with Gasteiger partial charge >= 0.3 is 0 Å². The quantitative estimate of drug-likeness (QED) is 0.720. The topological polar surface area (TPSA) is 21.3 Å². The van der Waals surface area contributed by atoms with Gasteiger partial charge in [0.1, 0.15) is 0 Å². The van der Waals surface area contributed by atoms with E-state index in [0.717, 1.165) is 19.1 Å². The van der Waals surface area contributed by atoms with Gasteiger partial charge < -0.3 is 10.1 Å². The van der Waals surface area contributed by atoms with E-state index in [2.05, 4.69) is 26.1 Å². The van der Waals surface area contributed by atoms with Crippen LogP contribution in [0.15, 0.2) is 0 Å². The molecular weight excluding hydrogens is 198 g/mol. The molecular formula is C14H29NO. The minimum atomic E-state index is 0.536. The Balaban J connectivity index is 2.15. The summed E-state index contributed by atoms with van der Waals surface area (Å²) in [5.74, 6) is 0.917. The van der Waals surface area contributed by atoms with Crippen molar-refractivity contribution in [2.75, 3.05) is 13.2 Å². The molecule has 0 heterocycles. The molecule has 1 aliphatic carbocycles. The van der Waals surface area contributed by atoms with E-state index in [4.69, 9.17) is 4.74 Å². The Bertz CT molecular complexity index is 158. The first kappa shape index (κ1) is 14.0. The molecule has 0 amide bonds. The van der Waals surface area contributed by atoms with E-state index in [1.807, 2.05) is 0 Å². The number of hydrogen-bond donors (Lipinski definition) is 1. The zero-order valence-corrected chi connectivity index (χ0v) is 11.3. The molecule has 96 valence electrons. The molecule has 1 N–H and O–H groups in total. The van der Waals surface area contributed by atoms with Crippen molar-refractivity contribution in [3.63, 3.8) is 0 Å². The zero-order chi connectivity index (χ0) is 11.8. The second kappa shape index (κ2) is 8.08. The smallest absolute Gasteiger partial charge is 0.0623 e. The third-order valence-electron chi connectivity index (χ3n) is 3.63. The van der Waals surface area contributed by atoms with Crippen LogP contribution < -0.4 is 5.32 Å². The van der Waals surface area contributed by atoms with Gasteiger partial charge in [-0.2, -0.15) is 0 Å². The summed E-state index contributed by atoms with van der Waals surface area (Å²) >= 11 is 0. The predicted molar refractivity (Wildman–Crippen MR) is 69.7 cm³/mol. The summed E-state index contributed by atoms with van der Waals surface area (Å²) in [6.07, 6.45) is 8.25. The Kier molecular flexibility index (Phi) is 7.06. The van der Waals surface area contributed by atoms with Crippen molar-refractivity contribution in [3.05, 3.63) is 0 Å². The lowest BCUT2D eigenvalue weighted by molar-refractivity contribution is 0.00729. The Morgan fingerprint density at radius 1 is 1.19 bits per heavy atom. The van der Waals surface area contributed by atoms with Gasteiger partial charge in [-0.1, -0.05) is 27.2 Å². The van der Waals surface area contributed by atoms with Crippen molar-refractivity contribution in [1.29, 1.82) is 0 Å². The average molecular weight is 227 g/mol. The summed E-state index contributed by atoms with van der Waals surface area (Å²) in [6, 6.07) is 0.564. The number of hydrogen-bond acceptors (Lipinski definition) is 2. The Hall–Kier alpha value is -0.0800. The predicted octanol–water partition coefficient (Wildman–Crippen LogP) is 3.36. The fourth-order valence-corrected chi connectivity index (χ4v) is 2.53. The van der Waals surface area contributed by atoms with E-state index < -0.39 is 0 Å². The van der Waals surface area contributed by atoms with Crippen LogP contribution in [0.5, 0.6) is 0 Å². The normalized spacial score (nSPS) is 27.9. The van der Waals surface area contributed by atoms with Crippen molar-refractivity contribution < 1.29 is 4.74 Å². The molecule has 1 saturated carbocycles. The van der Waals surface area contributed by atoms with Gasteiger partial charge in [0.2, 0.25) is 0 Å². The maximum atomic E-state index is 6.04.